The SMILES string of the molecule is CCN(CC)C(=O)[C@@H](N)C(C)(C)C. The monoisotopic (exact) mass is 186 g/mol. The minimum atomic E-state index is -0.396. The van der Waals surface area contributed by atoms with E-state index in [0.29, 0.717) is 0 Å². The zero-order valence-corrected chi connectivity index (χ0v) is 9.42. The molecular weight excluding hydrogens is 164 g/mol. The predicted octanol–water partition coefficient (Wildman–Crippen LogP) is 1.23. The van der Waals surface area contributed by atoms with Crippen molar-refractivity contribution in [2.24, 2.45) is 11.1 Å². The highest BCUT2D eigenvalue weighted by atomic mass is 16.2. The molecule has 0 fully saturated rings. The number of rotatable bonds is 3. The fourth-order valence-corrected chi connectivity index (χ4v) is 1.10. The Morgan fingerprint density at radius 2 is 1.69 bits per heavy atom. The third kappa shape index (κ3) is 3.35. The lowest BCUT2D eigenvalue weighted by Gasteiger charge is -2.30. The maximum absolute atomic E-state index is 11.8. The fourth-order valence-electron chi connectivity index (χ4n) is 1.10. The number of carbonyl (C=O) groups is 1. The van der Waals surface area contributed by atoms with Gasteiger partial charge < -0.3 is 10.6 Å². The Bertz CT molecular complexity index is 168. The number of nitrogens with two attached hydrogens (primary N) is 1. The van der Waals surface area contributed by atoms with Crippen LogP contribution in [0.4, 0.5) is 0 Å². The molecule has 3 nitrogen and oxygen atoms in total. The van der Waals surface area contributed by atoms with Crippen molar-refractivity contribution in [3.63, 3.8) is 0 Å². The Kier molecular flexibility index (Phi) is 4.40. The van der Waals surface area contributed by atoms with Gasteiger partial charge >= 0.3 is 0 Å². The van der Waals surface area contributed by atoms with Crippen LogP contribution in [0.1, 0.15) is 34.6 Å². The lowest BCUT2D eigenvalue weighted by Crippen LogP contribution is -2.50. The van der Waals surface area contributed by atoms with Gasteiger partial charge in [-0.1, -0.05) is 20.8 Å². The molecule has 0 rings (SSSR count). The average molecular weight is 186 g/mol. The molecular formula is C10H22N2O. The second-order valence-electron chi connectivity index (χ2n) is 4.35. The summed E-state index contributed by atoms with van der Waals surface area (Å²) in [6.45, 7) is 11.4. The normalized spacial score (nSPS) is 14.0. The quantitative estimate of drug-likeness (QED) is 0.720. The minimum Gasteiger partial charge on any atom is -0.342 e. The van der Waals surface area contributed by atoms with Crippen molar-refractivity contribution in [2.45, 2.75) is 40.7 Å². The second-order valence-corrected chi connectivity index (χ2v) is 4.35. The molecule has 0 aromatic carbocycles. The maximum atomic E-state index is 11.8. The Hall–Kier alpha value is -0.570. The fraction of sp³-hybridized carbons (Fsp3) is 0.900. The summed E-state index contributed by atoms with van der Waals surface area (Å²) in [5.41, 5.74) is 5.70. The second kappa shape index (κ2) is 4.61. The molecule has 3 heteroatoms. The molecule has 0 unspecified atom stereocenters. The van der Waals surface area contributed by atoms with Gasteiger partial charge in [-0.2, -0.15) is 0 Å². The molecule has 0 aromatic heterocycles. The van der Waals surface area contributed by atoms with Crippen molar-refractivity contribution < 1.29 is 4.79 Å². The highest BCUT2D eigenvalue weighted by Crippen LogP contribution is 2.18. The summed E-state index contributed by atoms with van der Waals surface area (Å²) in [4.78, 5) is 13.5. The highest BCUT2D eigenvalue weighted by Gasteiger charge is 2.29. The average Bonchev–Trinajstić information content (AvgIpc) is 2.03. The first-order valence-electron chi connectivity index (χ1n) is 4.89. The van der Waals surface area contributed by atoms with E-state index in [0.717, 1.165) is 13.1 Å². The molecule has 0 aliphatic carbocycles. The molecule has 0 aliphatic rings. The van der Waals surface area contributed by atoms with Gasteiger partial charge in [-0.15, -0.1) is 0 Å². The van der Waals surface area contributed by atoms with Gasteiger partial charge in [0.15, 0.2) is 0 Å². The van der Waals surface area contributed by atoms with Gasteiger partial charge in [0.05, 0.1) is 6.04 Å². The van der Waals surface area contributed by atoms with E-state index in [9.17, 15) is 4.79 Å². The minimum absolute atomic E-state index is 0.0532. The molecule has 2 N–H and O–H groups in total. The number of carbonyl (C=O) groups excluding carboxylic acids is 1. The van der Waals surface area contributed by atoms with Crippen molar-refractivity contribution in [3.8, 4) is 0 Å². The topological polar surface area (TPSA) is 46.3 Å². The summed E-state index contributed by atoms with van der Waals surface area (Å²) >= 11 is 0. The van der Waals surface area contributed by atoms with Crippen molar-refractivity contribution in [1.29, 1.82) is 0 Å². The van der Waals surface area contributed by atoms with Gasteiger partial charge in [-0.3, -0.25) is 4.79 Å². The van der Waals surface area contributed by atoms with Crippen LogP contribution in [0.25, 0.3) is 0 Å². The number of amides is 1. The van der Waals surface area contributed by atoms with E-state index >= 15 is 0 Å². The molecule has 1 atom stereocenters. The molecule has 0 saturated carbocycles. The number of hydrogen-bond donors (Lipinski definition) is 1. The van der Waals surface area contributed by atoms with Crippen molar-refractivity contribution in [2.75, 3.05) is 13.1 Å². The molecule has 0 radical (unpaired) electrons. The number of nitrogens with zero attached hydrogens (tertiary/aromatic N) is 1. The van der Waals surface area contributed by atoms with Gasteiger partial charge in [0.25, 0.3) is 0 Å². The highest BCUT2D eigenvalue weighted by molar-refractivity contribution is 5.82. The maximum Gasteiger partial charge on any atom is 0.240 e. The zero-order valence-electron chi connectivity index (χ0n) is 9.42. The van der Waals surface area contributed by atoms with Crippen molar-refractivity contribution in [1.82, 2.24) is 4.90 Å². The van der Waals surface area contributed by atoms with Crippen LogP contribution in [0.15, 0.2) is 0 Å². The van der Waals surface area contributed by atoms with Gasteiger partial charge in [0.2, 0.25) is 5.91 Å². The summed E-state index contributed by atoms with van der Waals surface area (Å²) in [5.74, 6) is 0.0532. The van der Waals surface area contributed by atoms with Crippen molar-refractivity contribution in [3.05, 3.63) is 0 Å². The summed E-state index contributed by atoms with van der Waals surface area (Å²) in [5, 5.41) is 0. The van der Waals surface area contributed by atoms with Crippen LogP contribution in [0.3, 0.4) is 0 Å². The Morgan fingerprint density at radius 3 is 1.92 bits per heavy atom. The summed E-state index contributed by atoms with van der Waals surface area (Å²) < 4.78 is 0. The van der Waals surface area contributed by atoms with E-state index in [4.69, 9.17) is 5.73 Å². The van der Waals surface area contributed by atoms with E-state index in [1.165, 1.54) is 0 Å². The first-order chi connectivity index (χ1) is 5.84. The third-order valence-electron chi connectivity index (χ3n) is 2.27. The number of likely N-dealkylation sites (N-methyl/N-ethyl adjacent to an activating group) is 1. The van der Waals surface area contributed by atoms with E-state index in [1.54, 1.807) is 4.90 Å². The van der Waals surface area contributed by atoms with E-state index in [-0.39, 0.29) is 11.3 Å². The molecule has 0 aromatic rings. The van der Waals surface area contributed by atoms with Crippen LogP contribution in [0, 0.1) is 5.41 Å². The molecule has 0 heterocycles. The van der Waals surface area contributed by atoms with Crippen molar-refractivity contribution >= 4 is 5.91 Å². The zero-order chi connectivity index (χ0) is 10.6. The van der Waals surface area contributed by atoms with Crippen LogP contribution in [0.5, 0.6) is 0 Å². The van der Waals surface area contributed by atoms with Gasteiger partial charge in [0, 0.05) is 13.1 Å². The summed E-state index contributed by atoms with van der Waals surface area (Å²) in [6.07, 6.45) is 0. The van der Waals surface area contributed by atoms with Crippen LogP contribution >= 0.6 is 0 Å². The largest absolute Gasteiger partial charge is 0.342 e. The lowest BCUT2D eigenvalue weighted by atomic mass is 9.86. The summed E-state index contributed by atoms with van der Waals surface area (Å²) in [7, 11) is 0. The molecule has 0 saturated heterocycles. The van der Waals surface area contributed by atoms with Gasteiger partial charge in [-0.25, -0.2) is 0 Å². The molecule has 1 amide bonds. The Labute approximate surface area is 81.3 Å². The summed E-state index contributed by atoms with van der Waals surface area (Å²) in [6, 6.07) is -0.396. The first kappa shape index (κ1) is 12.4. The van der Waals surface area contributed by atoms with E-state index < -0.39 is 6.04 Å². The molecule has 0 aliphatic heterocycles. The smallest absolute Gasteiger partial charge is 0.240 e. The Balaban J connectivity index is 4.41. The first-order valence-corrected chi connectivity index (χ1v) is 4.89. The molecule has 13 heavy (non-hydrogen) atoms. The number of hydrogen-bond acceptors (Lipinski definition) is 2. The van der Waals surface area contributed by atoms with Crippen LogP contribution in [0.2, 0.25) is 0 Å². The third-order valence-corrected chi connectivity index (χ3v) is 2.27. The predicted molar refractivity (Wildman–Crippen MR) is 55.4 cm³/mol. The van der Waals surface area contributed by atoms with Crippen LogP contribution < -0.4 is 5.73 Å². The molecule has 78 valence electrons. The standard InChI is InChI=1S/C10H22N2O/c1-6-12(7-2)9(13)8(11)10(3,4)5/h8H,6-7,11H2,1-5H3/t8-/m1/s1. The lowest BCUT2D eigenvalue weighted by molar-refractivity contribution is -0.134. The Morgan fingerprint density at radius 1 is 1.31 bits per heavy atom. The van der Waals surface area contributed by atoms with Gasteiger partial charge in [0.1, 0.15) is 0 Å². The van der Waals surface area contributed by atoms with Gasteiger partial charge in [-0.05, 0) is 19.3 Å². The van der Waals surface area contributed by atoms with Crippen LogP contribution in [-0.2, 0) is 4.79 Å². The molecule has 0 bridgehead atoms. The van der Waals surface area contributed by atoms with Crippen LogP contribution in [-0.4, -0.2) is 29.9 Å². The molecule has 0 spiro atoms. The van der Waals surface area contributed by atoms with E-state index in [2.05, 4.69) is 0 Å². The van der Waals surface area contributed by atoms with E-state index in [1.807, 2.05) is 34.6 Å².